The van der Waals surface area contributed by atoms with Crippen molar-refractivity contribution in [3.8, 4) is 0 Å². The maximum Gasteiger partial charge on any atom is 0.235 e. The Bertz CT molecular complexity index is 568. The summed E-state index contributed by atoms with van der Waals surface area (Å²) in [5, 5.41) is 2.67. The summed E-state index contributed by atoms with van der Waals surface area (Å²) < 4.78 is 25.5. The maximum atomic E-state index is 12.2. The van der Waals surface area contributed by atoms with Gasteiger partial charge in [-0.25, -0.2) is 8.42 Å². The van der Waals surface area contributed by atoms with Crippen LogP contribution in [-0.4, -0.2) is 38.3 Å². The van der Waals surface area contributed by atoms with Crippen molar-refractivity contribution in [3.05, 3.63) is 35.4 Å². The predicted octanol–water partition coefficient (Wildman–Crippen LogP) is 0.432. The smallest absolute Gasteiger partial charge is 0.235 e. The topological polar surface area (TPSA) is 92.5 Å². The number of likely N-dealkylation sites (N-methyl/N-ethyl adjacent to an activating group) is 1. The minimum atomic E-state index is -3.52. The van der Waals surface area contributed by atoms with E-state index in [9.17, 15) is 13.2 Å². The molecule has 0 aliphatic rings. The summed E-state index contributed by atoms with van der Waals surface area (Å²) in [6.45, 7) is 3.89. The van der Waals surface area contributed by atoms with Crippen LogP contribution in [0.15, 0.2) is 24.3 Å². The van der Waals surface area contributed by atoms with E-state index in [1.165, 1.54) is 7.05 Å². The zero-order valence-corrected chi connectivity index (χ0v) is 13.5. The fraction of sp³-hybridized carbons (Fsp3) is 0.500. The van der Waals surface area contributed by atoms with Gasteiger partial charge in [-0.05, 0) is 25.0 Å². The van der Waals surface area contributed by atoms with Gasteiger partial charge in [0.05, 0.1) is 12.3 Å². The van der Waals surface area contributed by atoms with Crippen molar-refractivity contribution in [3.63, 3.8) is 0 Å². The molecule has 0 radical (unpaired) electrons. The van der Waals surface area contributed by atoms with Crippen LogP contribution in [0.3, 0.4) is 0 Å². The molecule has 118 valence electrons. The average Bonchev–Trinajstić information content (AvgIpc) is 2.38. The molecule has 1 aromatic carbocycles. The first-order valence-corrected chi connectivity index (χ1v) is 8.36. The van der Waals surface area contributed by atoms with Gasteiger partial charge in [0.15, 0.2) is 0 Å². The molecule has 0 fully saturated rings. The van der Waals surface area contributed by atoms with E-state index >= 15 is 0 Å². The average molecular weight is 313 g/mol. The first kappa shape index (κ1) is 17.6. The molecule has 21 heavy (non-hydrogen) atoms. The number of amides is 1. The molecule has 1 amide bonds. The Balaban J connectivity index is 2.68. The summed E-state index contributed by atoms with van der Waals surface area (Å²) in [5.74, 6) is -0.446. The fourth-order valence-corrected chi connectivity index (χ4v) is 2.91. The second-order valence-corrected chi connectivity index (χ2v) is 7.33. The van der Waals surface area contributed by atoms with Crippen LogP contribution in [0.25, 0.3) is 0 Å². The molecular weight excluding hydrogens is 290 g/mol. The molecule has 0 saturated heterocycles. The zero-order valence-electron chi connectivity index (χ0n) is 12.7. The number of sulfonamides is 1. The van der Waals surface area contributed by atoms with E-state index in [1.54, 1.807) is 24.3 Å². The lowest BCUT2D eigenvalue weighted by atomic mass is 10.1. The van der Waals surface area contributed by atoms with Crippen molar-refractivity contribution in [2.45, 2.75) is 32.2 Å². The summed E-state index contributed by atoms with van der Waals surface area (Å²) in [4.78, 5) is 11.6. The number of carbonyl (C=O) groups is 1. The number of rotatable bonds is 7. The molecular formula is C14H23N3O3S. The van der Waals surface area contributed by atoms with Crippen molar-refractivity contribution >= 4 is 15.9 Å². The summed E-state index contributed by atoms with van der Waals surface area (Å²) in [5.41, 5.74) is 7.11. The van der Waals surface area contributed by atoms with Crippen LogP contribution in [-0.2, 0) is 27.1 Å². The Morgan fingerprint density at radius 1 is 1.24 bits per heavy atom. The number of nitrogens with zero attached hydrogens (tertiary/aromatic N) is 1. The van der Waals surface area contributed by atoms with Gasteiger partial charge < -0.3 is 11.1 Å². The van der Waals surface area contributed by atoms with Gasteiger partial charge in [-0.2, -0.15) is 4.31 Å². The minimum absolute atomic E-state index is 0.0163. The predicted molar refractivity (Wildman–Crippen MR) is 82.9 cm³/mol. The quantitative estimate of drug-likeness (QED) is 0.763. The molecule has 0 aliphatic carbocycles. The van der Waals surface area contributed by atoms with Gasteiger partial charge in [0, 0.05) is 19.6 Å². The standard InChI is InChI=1S/C14H23N3O3S/c1-11(2)16-14(18)9-17(3)21(19,20)10-13-6-4-12(8-15)5-7-13/h4-7,11H,8-10,15H2,1-3H3,(H,16,18). The molecule has 0 aliphatic heterocycles. The van der Waals surface area contributed by atoms with E-state index in [0.29, 0.717) is 12.1 Å². The van der Waals surface area contributed by atoms with E-state index in [4.69, 9.17) is 5.73 Å². The third kappa shape index (κ3) is 5.82. The summed E-state index contributed by atoms with van der Waals surface area (Å²) in [6.07, 6.45) is 0. The van der Waals surface area contributed by atoms with Gasteiger partial charge in [0.25, 0.3) is 0 Å². The number of carbonyl (C=O) groups excluding carboxylic acids is 1. The highest BCUT2D eigenvalue weighted by Crippen LogP contribution is 2.10. The molecule has 3 N–H and O–H groups in total. The summed E-state index contributed by atoms with van der Waals surface area (Å²) in [7, 11) is -2.12. The van der Waals surface area contributed by atoms with Gasteiger partial charge in [-0.3, -0.25) is 4.79 Å². The molecule has 0 unspecified atom stereocenters. The number of benzene rings is 1. The third-order valence-electron chi connectivity index (χ3n) is 2.90. The maximum absolute atomic E-state index is 12.2. The summed E-state index contributed by atoms with van der Waals surface area (Å²) >= 11 is 0. The highest BCUT2D eigenvalue weighted by Gasteiger charge is 2.21. The lowest BCUT2D eigenvalue weighted by Gasteiger charge is -2.18. The van der Waals surface area contributed by atoms with E-state index in [-0.39, 0.29) is 24.2 Å². The van der Waals surface area contributed by atoms with Crippen molar-refractivity contribution in [2.75, 3.05) is 13.6 Å². The second-order valence-electron chi connectivity index (χ2n) is 5.26. The molecule has 0 spiro atoms. The second kappa shape index (κ2) is 7.53. The third-order valence-corrected chi connectivity index (χ3v) is 4.68. The Morgan fingerprint density at radius 2 is 1.76 bits per heavy atom. The van der Waals surface area contributed by atoms with Gasteiger partial charge in [-0.15, -0.1) is 0 Å². The number of hydrogen-bond acceptors (Lipinski definition) is 4. The van der Waals surface area contributed by atoms with Gasteiger partial charge in [-0.1, -0.05) is 24.3 Å². The van der Waals surface area contributed by atoms with Crippen LogP contribution in [0.5, 0.6) is 0 Å². The summed E-state index contributed by atoms with van der Waals surface area (Å²) in [6, 6.07) is 7.06. The number of nitrogens with one attached hydrogen (secondary N) is 1. The van der Waals surface area contributed by atoms with Crippen LogP contribution in [0.1, 0.15) is 25.0 Å². The molecule has 0 aromatic heterocycles. The molecule has 0 heterocycles. The SMILES string of the molecule is CC(C)NC(=O)CN(C)S(=O)(=O)Cc1ccc(CN)cc1. The molecule has 0 bridgehead atoms. The van der Waals surface area contributed by atoms with Gasteiger partial charge in [0.2, 0.25) is 15.9 Å². The highest BCUT2D eigenvalue weighted by molar-refractivity contribution is 7.88. The fourth-order valence-electron chi connectivity index (χ4n) is 1.76. The number of hydrogen-bond donors (Lipinski definition) is 2. The Hall–Kier alpha value is -1.44. The van der Waals surface area contributed by atoms with E-state index in [1.807, 2.05) is 13.8 Å². The van der Waals surface area contributed by atoms with Gasteiger partial charge in [0.1, 0.15) is 0 Å². The monoisotopic (exact) mass is 313 g/mol. The van der Waals surface area contributed by atoms with Crippen molar-refractivity contribution < 1.29 is 13.2 Å². The Kier molecular flexibility index (Phi) is 6.32. The van der Waals surface area contributed by atoms with Crippen molar-refractivity contribution in [1.82, 2.24) is 9.62 Å². The highest BCUT2D eigenvalue weighted by atomic mass is 32.2. The van der Waals surface area contributed by atoms with E-state index in [0.717, 1.165) is 9.87 Å². The Morgan fingerprint density at radius 3 is 2.24 bits per heavy atom. The largest absolute Gasteiger partial charge is 0.353 e. The normalized spacial score (nSPS) is 11.9. The molecule has 1 aromatic rings. The van der Waals surface area contributed by atoms with E-state index < -0.39 is 10.0 Å². The zero-order chi connectivity index (χ0) is 16.0. The minimum Gasteiger partial charge on any atom is -0.353 e. The lowest BCUT2D eigenvalue weighted by Crippen LogP contribution is -2.41. The van der Waals surface area contributed by atoms with Crippen LogP contribution >= 0.6 is 0 Å². The lowest BCUT2D eigenvalue weighted by molar-refractivity contribution is -0.121. The van der Waals surface area contributed by atoms with E-state index in [2.05, 4.69) is 5.32 Å². The van der Waals surface area contributed by atoms with Crippen LogP contribution in [0.4, 0.5) is 0 Å². The Labute approximate surface area is 126 Å². The molecule has 0 atom stereocenters. The molecule has 6 nitrogen and oxygen atoms in total. The first-order valence-electron chi connectivity index (χ1n) is 6.76. The van der Waals surface area contributed by atoms with Gasteiger partial charge >= 0.3 is 0 Å². The van der Waals surface area contributed by atoms with Crippen LogP contribution in [0, 0.1) is 0 Å². The molecule has 0 saturated carbocycles. The number of nitrogens with two attached hydrogens (primary N) is 1. The molecule has 7 heteroatoms. The molecule has 1 rings (SSSR count). The van der Waals surface area contributed by atoms with Crippen LogP contribution in [0.2, 0.25) is 0 Å². The first-order chi connectivity index (χ1) is 9.74. The van der Waals surface area contributed by atoms with Crippen molar-refractivity contribution in [1.29, 1.82) is 0 Å². The van der Waals surface area contributed by atoms with Crippen molar-refractivity contribution in [2.24, 2.45) is 5.73 Å². The van der Waals surface area contributed by atoms with Crippen LogP contribution < -0.4 is 11.1 Å².